The molecule has 1 saturated heterocycles. The Kier molecular flexibility index (Phi) is 11.0. The third kappa shape index (κ3) is 8.72. The molecule has 0 radical (unpaired) electrons. The molecular weight excluding hydrogens is 580 g/mol. The number of benzene rings is 2. The van der Waals surface area contributed by atoms with Gasteiger partial charge in [0.05, 0.1) is 6.04 Å². The smallest absolute Gasteiger partial charge is 0.326 e. The van der Waals surface area contributed by atoms with Crippen LogP contribution in [0.3, 0.4) is 0 Å². The van der Waals surface area contributed by atoms with Crippen molar-refractivity contribution in [2.45, 2.75) is 62.7 Å². The summed E-state index contributed by atoms with van der Waals surface area (Å²) in [5.41, 5.74) is 19.5. The second-order valence-corrected chi connectivity index (χ2v) is 11.1. The van der Waals surface area contributed by atoms with Crippen molar-refractivity contribution >= 4 is 40.6 Å². The molecule has 0 bridgehead atoms. The molecular formula is C31H40N8O6. The van der Waals surface area contributed by atoms with E-state index >= 15 is 0 Å². The summed E-state index contributed by atoms with van der Waals surface area (Å²) >= 11 is 0. The lowest BCUT2D eigenvalue weighted by Crippen LogP contribution is -2.57. The topological polar surface area (TPSA) is 242 Å². The van der Waals surface area contributed by atoms with Crippen LogP contribution >= 0.6 is 0 Å². The predicted molar refractivity (Wildman–Crippen MR) is 168 cm³/mol. The zero-order valence-electron chi connectivity index (χ0n) is 24.8. The van der Waals surface area contributed by atoms with Gasteiger partial charge < -0.3 is 47.9 Å². The number of likely N-dealkylation sites (tertiary alicyclic amines) is 1. The van der Waals surface area contributed by atoms with Gasteiger partial charge in [-0.2, -0.15) is 0 Å². The van der Waals surface area contributed by atoms with E-state index in [1.165, 1.54) is 17.0 Å². The van der Waals surface area contributed by atoms with Gasteiger partial charge in [0.2, 0.25) is 17.7 Å². The van der Waals surface area contributed by atoms with Gasteiger partial charge in [-0.3, -0.25) is 19.4 Å². The molecule has 2 aromatic carbocycles. The number of nitrogens with two attached hydrogens (primary N) is 3. The van der Waals surface area contributed by atoms with E-state index in [1.54, 1.807) is 18.3 Å². The Labute approximate surface area is 260 Å². The van der Waals surface area contributed by atoms with Crippen LogP contribution in [0.5, 0.6) is 5.75 Å². The van der Waals surface area contributed by atoms with Crippen LogP contribution in [0.4, 0.5) is 0 Å². The number of rotatable bonds is 14. The molecule has 0 saturated carbocycles. The molecule has 240 valence electrons. The highest BCUT2D eigenvalue weighted by molar-refractivity contribution is 5.95. The van der Waals surface area contributed by atoms with Gasteiger partial charge in [0, 0.05) is 36.6 Å². The molecule has 3 amide bonds. The number of carbonyl (C=O) groups is 4. The number of para-hydroxylation sites is 1. The molecule has 0 spiro atoms. The Bertz CT molecular complexity index is 1530. The fraction of sp³-hybridized carbons (Fsp3) is 0.387. The number of carboxylic acid groups (broad SMARTS) is 1. The summed E-state index contributed by atoms with van der Waals surface area (Å²) in [7, 11) is 0. The minimum absolute atomic E-state index is 0.0141. The van der Waals surface area contributed by atoms with Crippen LogP contribution in [0, 0.1) is 0 Å². The van der Waals surface area contributed by atoms with Crippen LogP contribution in [-0.4, -0.2) is 87.0 Å². The molecule has 1 aliphatic rings. The summed E-state index contributed by atoms with van der Waals surface area (Å²) < 4.78 is 0. The maximum Gasteiger partial charge on any atom is 0.326 e. The Hall–Kier alpha value is -5.11. The van der Waals surface area contributed by atoms with Crippen LogP contribution in [-0.2, 0) is 32.0 Å². The number of aromatic nitrogens is 1. The molecule has 14 nitrogen and oxygen atoms in total. The summed E-state index contributed by atoms with van der Waals surface area (Å²) in [6.45, 7) is 0.485. The molecule has 1 aliphatic heterocycles. The number of phenols is 1. The number of hydrogen-bond acceptors (Lipinski definition) is 7. The third-order valence-electron chi connectivity index (χ3n) is 7.84. The minimum atomic E-state index is -1.25. The van der Waals surface area contributed by atoms with E-state index in [9.17, 15) is 29.4 Å². The van der Waals surface area contributed by atoms with Crippen molar-refractivity contribution in [3.63, 3.8) is 0 Å². The lowest BCUT2D eigenvalue weighted by atomic mass is 10.0. The van der Waals surface area contributed by atoms with E-state index in [-0.39, 0.29) is 44.1 Å². The number of aromatic amines is 1. The Balaban J connectivity index is 1.45. The fourth-order valence-corrected chi connectivity index (χ4v) is 5.51. The highest BCUT2D eigenvalue weighted by atomic mass is 16.4. The maximum absolute atomic E-state index is 13.8. The first-order valence-electron chi connectivity index (χ1n) is 14.8. The number of nitrogens with zero attached hydrogens (tertiary/aromatic N) is 2. The van der Waals surface area contributed by atoms with E-state index < -0.39 is 47.9 Å². The van der Waals surface area contributed by atoms with Crippen molar-refractivity contribution in [2.24, 2.45) is 22.2 Å². The average Bonchev–Trinajstić information content (AvgIpc) is 3.66. The van der Waals surface area contributed by atoms with Gasteiger partial charge in [-0.15, -0.1) is 0 Å². The number of guanidine groups is 1. The molecule has 11 N–H and O–H groups in total. The summed E-state index contributed by atoms with van der Waals surface area (Å²) in [5, 5.41) is 25.6. The van der Waals surface area contributed by atoms with Crippen molar-refractivity contribution < 1.29 is 29.4 Å². The van der Waals surface area contributed by atoms with Gasteiger partial charge >= 0.3 is 5.97 Å². The largest absolute Gasteiger partial charge is 0.508 e. The van der Waals surface area contributed by atoms with Crippen molar-refractivity contribution in [2.75, 3.05) is 13.1 Å². The molecule has 1 aromatic heterocycles. The van der Waals surface area contributed by atoms with Crippen molar-refractivity contribution in [3.8, 4) is 5.75 Å². The molecule has 4 rings (SSSR count). The summed E-state index contributed by atoms with van der Waals surface area (Å²) in [6, 6.07) is 9.51. The summed E-state index contributed by atoms with van der Waals surface area (Å²) in [4.78, 5) is 60.9. The van der Waals surface area contributed by atoms with Crippen LogP contribution < -0.4 is 27.8 Å². The van der Waals surface area contributed by atoms with Crippen LogP contribution in [0.1, 0.15) is 36.8 Å². The molecule has 1 fully saturated rings. The van der Waals surface area contributed by atoms with Crippen LogP contribution in [0.2, 0.25) is 0 Å². The molecule has 4 atom stereocenters. The summed E-state index contributed by atoms with van der Waals surface area (Å²) in [5.74, 6) is -2.90. The quantitative estimate of drug-likeness (QED) is 0.0690. The minimum Gasteiger partial charge on any atom is -0.508 e. The molecule has 14 heteroatoms. The molecule has 4 unspecified atom stereocenters. The Morgan fingerprint density at radius 2 is 1.76 bits per heavy atom. The van der Waals surface area contributed by atoms with Gasteiger partial charge in [-0.1, -0.05) is 30.3 Å². The van der Waals surface area contributed by atoms with E-state index in [4.69, 9.17) is 17.2 Å². The number of fused-ring (bicyclic) bond motifs is 1. The molecule has 3 aromatic rings. The number of hydrogen-bond donors (Lipinski definition) is 8. The van der Waals surface area contributed by atoms with Crippen LogP contribution in [0.25, 0.3) is 10.9 Å². The van der Waals surface area contributed by atoms with Gasteiger partial charge in [-0.05, 0) is 61.4 Å². The summed E-state index contributed by atoms with van der Waals surface area (Å²) in [6.07, 6.45) is 3.42. The molecule has 45 heavy (non-hydrogen) atoms. The monoisotopic (exact) mass is 620 g/mol. The standard InChI is InChI=1S/C31H40N8O6/c32-22(16-19-17-36-23-6-2-1-5-21(19)23)27(41)37-24(7-3-13-35-31(33)34)29(43)39-14-4-8-26(39)28(42)38-25(30(44)45)15-18-9-11-20(40)12-10-18/h1-2,5-6,9-12,17,22,24-26,36,40H,3-4,7-8,13-16,32H2,(H,37,41)(H,38,42)(H,44,45)(H4,33,34,35). The van der Waals surface area contributed by atoms with Gasteiger partial charge in [0.25, 0.3) is 0 Å². The number of aromatic hydroxyl groups is 1. The van der Waals surface area contributed by atoms with E-state index in [1.807, 2.05) is 24.3 Å². The lowest BCUT2D eigenvalue weighted by molar-refractivity contribution is -0.145. The van der Waals surface area contributed by atoms with Crippen molar-refractivity contribution in [1.82, 2.24) is 20.5 Å². The Morgan fingerprint density at radius 3 is 2.47 bits per heavy atom. The zero-order chi connectivity index (χ0) is 32.5. The first-order valence-corrected chi connectivity index (χ1v) is 14.8. The van der Waals surface area contributed by atoms with Crippen LogP contribution in [0.15, 0.2) is 59.7 Å². The molecule has 2 heterocycles. The van der Waals surface area contributed by atoms with E-state index in [0.717, 1.165) is 16.5 Å². The number of amides is 3. The first-order chi connectivity index (χ1) is 21.5. The highest BCUT2D eigenvalue weighted by Crippen LogP contribution is 2.22. The lowest BCUT2D eigenvalue weighted by Gasteiger charge is -2.30. The van der Waals surface area contributed by atoms with Gasteiger partial charge in [0.1, 0.15) is 23.9 Å². The number of H-pyrrole nitrogens is 1. The number of carboxylic acids is 1. The zero-order valence-corrected chi connectivity index (χ0v) is 24.8. The highest BCUT2D eigenvalue weighted by Gasteiger charge is 2.39. The second kappa shape index (κ2) is 15.1. The first kappa shape index (κ1) is 32.8. The number of aliphatic carboxylic acids is 1. The normalized spacial score (nSPS) is 16.5. The van der Waals surface area contributed by atoms with Gasteiger partial charge in [-0.25, -0.2) is 4.79 Å². The number of phenolic OH excluding ortho intramolecular Hbond substituents is 1. The average molecular weight is 621 g/mol. The SMILES string of the molecule is NC(N)=NCCCC(NC(=O)C(N)Cc1c[nH]c2ccccc12)C(=O)N1CCCC1C(=O)NC(Cc1ccc(O)cc1)C(=O)O. The number of aliphatic imine (C=N–C) groups is 1. The fourth-order valence-electron chi connectivity index (χ4n) is 5.51. The maximum atomic E-state index is 13.8. The van der Waals surface area contributed by atoms with Crippen molar-refractivity contribution in [3.05, 3.63) is 65.9 Å². The number of carbonyl (C=O) groups excluding carboxylic acids is 3. The van der Waals surface area contributed by atoms with Crippen molar-refractivity contribution in [1.29, 1.82) is 0 Å². The second-order valence-electron chi connectivity index (χ2n) is 11.1. The molecule has 0 aliphatic carbocycles. The predicted octanol–water partition coefficient (Wildman–Crippen LogP) is 0.0848. The third-order valence-corrected chi connectivity index (χ3v) is 7.84. The van der Waals surface area contributed by atoms with E-state index in [2.05, 4.69) is 20.6 Å². The van der Waals surface area contributed by atoms with E-state index in [0.29, 0.717) is 24.8 Å². The Morgan fingerprint density at radius 1 is 1.02 bits per heavy atom. The van der Waals surface area contributed by atoms with Gasteiger partial charge in [0.15, 0.2) is 5.96 Å². The number of nitrogens with one attached hydrogen (secondary N) is 3.